The minimum Gasteiger partial charge on any atom is -0.424 e. The van der Waals surface area contributed by atoms with E-state index in [1.807, 2.05) is 6.92 Å². The molecular formula is C25H21FN4O4S. The molecule has 0 bridgehead atoms. The number of sulfonamides is 1. The fourth-order valence-electron chi connectivity index (χ4n) is 3.18. The third-order valence-electron chi connectivity index (χ3n) is 4.92. The summed E-state index contributed by atoms with van der Waals surface area (Å²) in [6.07, 6.45) is 3.26. The molecule has 8 nitrogen and oxygen atoms in total. The van der Waals surface area contributed by atoms with Gasteiger partial charge in [-0.1, -0.05) is 12.1 Å². The topological polar surface area (TPSA) is 110 Å². The molecule has 0 fully saturated rings. The van der Waals surface area contributed by atoms with E-state index in [1.165, 1.54) is 12.1 Å². The number of aromatic nitrogens is 2. The standard InChI is InChI=1S/C25H21FN4O4S/c1-17-15-21(34-25-27-13-2-14-28-25)9-12-23(17)29-24(31)16-18-3-7-20(8-4-18)30-35(32,33)22-10-5-19(26)6-11-22/h2-15,30H,16H2,1H3,(H,29,31). The molecule has 10 heteroatoms. The van der Waals surface area contributed by atoms with Gasteiger partial charge in [0.25, 0.3) is 10.0 Å². The van der Waals surface area contributed by atoms with Crippen molar-refractivity contribution in [1.29, 1.82) is 0 Å². The van der Waals surface area contributed by atoms with Crippen LogP contribution in [0.2, 0.25) is 0 Å². The number of hydrogen-bond acceptors (Lipinski definition) is 6. The monoisotopic (exact) mass is 492 g/mol. The van der Waals surface area contributed by atoms with Crippen LogP contribution in [0.4, 0.5) is 15.8 Å². The number of nitrogens with one attached hydrogen (secondary N) is 2. The fourth-order valence-corrected chi connectivity index (χ4v) is 4.24. The van der Waals surface area contributed by atoms with Gasteiger partial charge in [0.1, 0.15) is 11.6 Å². The van der Waals surface area contributed by atoms with Crippen LogP contribution in [-0.2, 0) is 21.2 Å². The van der Waals surface area contributed by atoms with Gasteiger partial charge in [0, 0.05) is 23.8 Å². The van der Waals surface area contributed by atoms with Gasteiger partial charge in [-0.3, -0.25) is 9.52 Å². The Hall–Kier alpha value is -4.31. The first-order valence-electron chi connectivity index (χ1n) is 10.5. The molecule has 0 aliphatic carbocycles. The predicted octanol–water partition coefficient (Wildman–Crippen LogP) is 4.70. The zero-order valence-corrected chi connectivity index (χ0v) is 19.4. The van der Waals surface area contributed by atoms with Crippen molar-refractivity contribution in [3.05, 3.63) is 102 Å². The van der Waals surface area contributed by atoms with Crippen molar-refractivity contribution in [3.63, 3.8) is 0 Å². The molecular weight excluding hydrogens is 471 g/mol. The average Bonchev–Trinajstić information content (AvgIpc) is 2.83. The maximum Gasteiger partial charge on any atom is 0.321 e. The number of aryl methyl sites for hydroxylation is 1. The Labute approximate surface area is 201 Å². The molecule has 3 aromatic carbocycles. The van der Waals surface area contributed by atoms with Gasteiger partial charge < -0.3 is 10.1 Å². The predicted molar refractivity (Wildman–Crippen MR) is 129 cm³/mol. The van der Waals surface area contributed by atoms with E-state index in [9.17, 15) is 17.6 Å². The molecule has 0 aliphatic rings. The number of carbonyl (C=O) groups is 1. The van der Waals surface area contributed by atoms with Gasteiger partial charge in [-0.25, -0.2) is 22.8 Å². The Morgan fingerprint density at radius 2 is 1.66 bits per heavy atom. The van der Waals surface area contributed by atoms with Crippen LogP contribution < -0.4 is 14.8 Å². The largest absolute Gasteiger partial charge is 0.424 e. The van der Waals surface area contributed by atoms with Crippen LogP contribution in [0, 0.1) is 12.7 Å². The smallest absolute Gasteiger partial charge is 0.321 e. The zero-order chi connectivity index (χ0) is 24.8. The van der Waals surface area contributed by atoms with Crippen LogP contribution in [0.15, 0.2) is 90.1 Å². The van der Waals surface area contributed by atoms with Crippen LogP contribution >= 0.6 is 0 Å². The molecule has 2 N–H and O–H groups in total. The van der Waals surface area contributed by atoms with Crippen molar-refractivity contribution in [3.8, 4) is 11.8 Å². The van der Waals surface area contributed by atoms with Gasteiger partial charge in [0.2, 0.25) is 5.91 Å². The van der Waals surface area contributed by atoms with Gasteiger partial charge in [-0.15, -0.1) is 0 Å². The molecule has 0 saturated heterocycles. The van der Waals surface area contributed by atoms with E-state index in [4.69, 9.17) is 4.74 Å². The summed E-state index contributed by atoms with van der Waals surface area (Å²) in [5.41, 5.74) is 2.47. The summed E-state index contributed by atoms with van der Waals surface area (Å²) < 4.78 is 45.9. The van der Waals surface area contributed by atoms with Gasteiger partial charge >= 0.3 is 6.01 Å². The number of ether oxygens (including phenoxy) is 1. The Kier molecular flexibility index (Phi) is 7.02. The normalized spacial score (nSPS) is 11.0. The zero-order valence-electron chi connectivity index (χ0n) is 18.6. The third kappa shape index (κ3) is 6.39. The number of carbonyl (C=O) groups excluding carboxylic acids is 1. The highest BCUT2D eigenvalue weighted by atomic mass is 32.2. The van der Waals surface area contributed by atoms with Gasteiger partial charge in [-0.05, 0) is 78.7 Å². The molecule has 0 saturated carbocycles. The third-order valence-corrected chi connectivity index (χ3v) is 6.32. The summed E-state index contributed by atoms with van der Waals surface area (Å²) in [4.78, 5) is 20.5. The lowest BCUT2D eigenvalue weighted by Crippen LogP contribution is -2.15. The molecule has 4 rings (SSSR count). The van der Waals surface area contributed by atoms with Crippen molar-refractivity contribution < 1.29 is 22.3 Å². The van der Waals surface area contributed by atoms with Crippen molar-refractivity contribution in [2.75, 3.05) is 10.0 Å². The highest BCUT2D eigenvalue weighted by Crippen LogP contribution is 2.24. The minimum absolute atomic E-state index is 0.0505. The molecule has 0 unspecified atom stereocenters. The van der Waals surface area contributed by atoms with E-state index < -0.39 is 15.8 Å². The van der Waals surface area contributed by atoms with E-state index >= 15 is 0 Å². The van der Waals surface area contributed by atoms with E-state index in [0.29, 0.717) is 22.7 Å². The second-order valence-corrected chi connectivity index (χ2v) is 9.27. The molecule has 1 amide bonds. The first kappa shape index (κ1) is 23.8. The summed E-state index contributed by atoms with van der Waals surface area (Å²) >= 11 is 0. The van der Waals surface area contributed by atoms with Gasteiger partial charge in [-0.2, -0.15) is 0 Å². The van der Waals surface area contributed by atoms with E-state index in [1.54, 1.807) is 60.9 Å². The van der Waals surface area contributed by atoms with Crippen LogP contribution in [0.1, 0.15) is 11.1 Å². The summed E-state index contributed by atoms with van der Waals surface area (Å²) in [6.45, 7) is 1.84. The van der Waals surface area contributed by atoms with Crippen molar-refractivity contribution in [2.24, 2.45) is 0 Å². The van der Waals surface area contributed by atoms with Crippen LogP contribution in [-0.4, -0.2) is 24.3 Å². The van der Waals surface area contributed by atoms with Crippen LogP contribution in [0.25, 0.3) is 0 Å². The summed E-state index contributed by atoms with van der Waals surface area (Å²) in [6, 6.07) is 18.1. The minimum atomic E-state index is -3.85. The number of halogens is 1. The number of rotatable bonds is 8. The fraction of sp³-hybridized carbons (Fsp3) is 0.0800. The Morgan fingerprint density at radius 3 is 2.31 bits per heavy atom. The van der Waals surface area contributed by atoms with Crippen molar-refractivity contribution in [2.45, 2.75) is 18.2 Å². The van der Waals surface area contributed by atoms with E-state index in [2.05, 4.69) is 20.0 Å². The Balaban J connectivity index is 1.35. The highest BCUT2D eigenvalue weighted by Gasteiger charge is 2.14. The molecule has 1 aromatic heterocycles. The Morgan fingerprint density at radius 1 is 0.971 bits per heavy atom. The molecule has 1 heterocycles. The van der Waals surface area contributed by atoms with Gasteiger partial charge in [0.05, 0.1) is 11.3 Å². The lowest BCUT2D eigenvalue weighted by atomic mass is 10.1. The van der Waals surface area contributed by atoms with Crippen LogP contribution in [0.3, 0.4) is 0 Å². The second kappa shape index (κ2) is 10.3. The molecule has 0 aliphatic heterocycles. The lowest BCUT2D eigenvalue weighted by Gasteiger charge is -2.11. The number of anilines is 2. The van der Waals surface area contributed by atoms with Crippen molar-refractivity contribution >= 4 is 27.3 Å². The molecule has 0 atom stereocenters. The van der Waals surface area contributed by atoms with Crippen molar-refractivity contribution in [1.82, 2.24) is 9.97 Å². The number of nitrogens with zero attached hydrogens (tertiary/aromatic N) is 2. The second-order valence-electron chi connectivity index (χ2n) is 7.59. The highest BCUT2D eigenvalue weighted by molar-refractivity contribution is 7.92. The first-order chi connectivity index (χ1) is 16.8. The number of amides is 1. The summed E-state index contributed by atoms with van der Waals surface area (Å²) in [5, 5.41) is 2.86. The van der Waals surface area contributed by atoms with E-state index in [-0.39, 0.29) is 23.2 Å². The lowest BCUT2D eigenvalue weighted by molar-refractivity contribution is -0.115. The quantitative estimate of drug-likeness (QED) is 0.369. The molecule has 0 spiro atoms. The number of benzene rings is 3. The maximum atomic E-state index is 13.1. The molecule has 4 aromatic rings. The maximum absolute atomic E-state index is 13.1. The summed E-state index contributed by atoms with van der Waals surface area (Å²) in [7, 11) is -3.85. The SMILES string of the molecule is Cc1cc(Oc2ncccn2)ccc1NC(=O)Cc1ccc(NS(=O)(=O)c2ccc(F)cc2)cc1. The molecule has 178 valence electrons. The summed E-state index contributed by atoms with van der Waals surface area (Å²) in [5.74, 6) is -0.203. The molecule has 0 radical (unpaired) electrons. The van der Waals surface area contributed by atoms with Crippen LogP contribution in [0.5, 0.6) is 11.8 Å². The Bertz CT molecular complexity index is 1430. The van der Waals surface area contributed by atoms with E-state index in [0.717, 1.165) is 17.7 Å². The average molecular weight is 493 g/mol. The first-order valence-corrected chi connectivity index (χ1v) is 12.0. The number of hydrogen-bond donors (Lipinski definition) is 2. The van der Waals surface area contributed by atoms with Gasteiger partial charge in [0.15, 0.2) is 0 Å². The molecule has 35 heavy (non-hydrogen) atoms.